The molecule has 1 N–H and O–H groups in total. The number of hydrazone groups is 1. The molecule has 0 aromatic carbocycles. The van der Waals surface area contributed by atoms with Gasteiger partial charge in [0.15, 0.2) is 0 Å². The summed E-state index contributed by atoms with van der Waals surface area (Å²) in [5.41, 5.74) is 4.80. The van der Waals surface area contributed by atoms with Crippen LogP contribution in [-0.4, -0.2) is 28.9 Å². The number of carbonyl (C=O) groups excluding carboxylic acids is 1. The molecule has 2 aromatic heterocycles. The molecule has 0 bridgehead atoms. The van der Waals surface area contributed by atoms with E-state index in [2.05, 4.69) is 25.2 Å². The fraction of sp³-hybridized carbons (Fsp3) is 0.231. The molecule has 0 fully saturated rings. The quantitative estimate of drug-likeness (QED) is 0.696. The van der Waals surface area contributed by atoms with E-state index in [-0.39, 0.29) is 0 Å². The van der Waals surface area contributed by atoms with Crippen molar-refractivity contribution in [1.29, 1.82) is 0 Å². The fourth-order valence-electron chi connectivity index (χ4n) is 1.57. The topological polar surface area (TPSA) is 76.5 Å². The SMILES string of the molecule is COC(=O)N/N=C(/C)c1sc(-c2cccnc2)nc1C. The molecule has 0 unspecified atom stereocenters. The van der Waals surface area contributed by atoms with E-state index in [1.165, 1.54) is 18.4 Å². The van der Waals surface area contributed by atoms with Crippen LogP contribution in [0.2, 0.25) is 0 Å². The molecular weight excluding hydrogens is 276 g/mol. The van der Waals surface area contributed by atoms with E-state index in [0.717, 1.165) is 21.1 Å². The highest BCUT2D eigenvalue weighted by molar-refractivity contribution is 7.17. The number of carbonyl (C=O) groups is 1. The summed E-state index contributed by atoms with van der Waals surface area (Å²) in [6, 6.07) is 3.82. The van der Waals surface area contributed by atoms with Crippen molar-refractivity contribution in [2.75, 3.05) is 7.11 Å². The molecule has 0 atom stereocenters. The van der Waals surface area contributed by atoms with Gasteiger partial charge < -0.3 is 4.74 Å². The first-order valence-corrected chi connectivity index (χ1v) is 6.70. The van der Waals surface area contributed by atoms with Crippen molar-refractivity contribution in [2.24, 2.45) is 5.10 Å². The van der Waals surface area contributed by atoms with E-state index in [0.29, 0.717) is 5.71 Å². The summed E-state index contributed by atoms with van der Waals surface area (Å²) >= 11 is 1.51. The third-order valence-corrected chi connectivity index (χ3v) is 3.85. The first-order valence-electron chi connectivity index (χ1n) is 5.88. The number of ether oxygens (including phenoxy) is 1. The molecule has 0 spiro atoms. The molecule has 0 saturated carbocycles. The second kappa shape index (κ2) is 6.25. The molecule has 0 aliphatic heterocycles. The van der Waals surface area contributed by atoms with Crippen LogP contribution in [0.1, 0.15) is 17.5 Å². The van der Waals surface area contributed by atoms with E-state index in [9.17, 15) is 4.79 Å². The van der Waals surface area contributed by atoms with E-state index < -0.39 is 6.09 Å². The number of nitrogens with one attached hydrogen (secondary N) is 1. The number of pyridine rings is 1. The molecule has 0 aliphatic carbocycles. The summed E-state index contributed by atoms with van der Waals surface area (Å²) in [6.07, 6.45) is 2.89. The van der Waals surface area contributed by atoms with Crippen molar-refractivity contribution in [3.05, 3.63) is 35.1 Å². The van der Waals surface area contributed by atoms with Gasteiger partial charge in [-0.25, -0.2) is 15.2 Å². The van der Waals surface area contributed by atoms with Gasteiger partial charge in [0.1, 0.15) is 5.01 Å². The largest absolute Gasteiger partial charge is 0.452 e. The summed E-state index contributed by atoms with van der Waals surface area (Å²) in [6.45, 7) is 3.71. The first kappa shape index (κ1) is 14.1. The van der Waals surface area contributed by atoms with Crippen molar-refractivity contribution in [3.8, 4) is 10.6 Å². The summed E-state index contributed by atoms with van der Waals surface area (Å²) in [7, 11) is 1.29. The lowest BCUT2D eigenvalue weighted by Gasteiger charge is -1.99. The van der Waals surface area contributed by atoms with Gasteiger partial charge >= 0.3 is 6.09 Å². The maximum absolute atomic E-state index is 11.0. The zero-order valence-corrected chi connectivity index (χ0v) is 12.2. The Labute approximate surface area is 120 Å². The molecule has 2 rings (SSSR count). The van der Waals surface area contributed by atoms with Crippen molar-refractivity contribution < 1.29 is 9.53 Å². The van der Waals surface area contributed by atoms with Crippen LogP contribution in [0.15, 0.2) is 29.6 Å². The Morgan fingerprint density at radius 3 is 2.95 bits per heavy atom. The average molecular weight is 290 g/mol. The molecule has 0 aliphatic rings. The Morgan fingerprint density at radius 1 is 1.50 bits per heavy atom. The van der Waals surface area contributed by atoms with Crippen molar-refractivity contribution in [2.45, 2.75) is 13.8 Å². The van der Waals surface area contributed by atoms with E-state index in [1.54, 1.807) is 12.4 Å². The minimum absolute atomic E-state index is 0.598. The highest BCUT2D eigenvalue weighted by Crippen LogP contribution is 2.27. The van der Waals surface area contributed by atoms with Gasteiger partial charge in [0.2, 0.25) is 0 Å². The third-order valence-electron chi connectivity index (χ3n) is 2.53. The number of hydrogen-bond donors (Lipinski definition) is 1. The molecule has 1 amide bonds. The lowest BCUT2D eigenvalue weighted by Crippen LogP contribution is -2.18. The molecule has 20 heavy (non-hydrogen) atoms. The molecule has 0 saturated heterocycles. The van der Waals surface area contributed by atoms with Crippen LogP contribution in [0, 0.1) is 6.92 Å². The number of thiazole rings is 1. The van der Waals surface area contributed by atoms with Gasteiger partial charge in [-0.15, -0.1) is 11.3 Å². The molecule has 6 nitrogen and oxygen atoms in total. The first-order chi connectivity index (χ1) is 9.61. The van der Waals surface area contributed by atoms with E-state index >= 15 is 0 Å². The van der Waals surface area contributed by atoms with Crippen molar-refractivity contribution in [1.82, 2.24) is 15.4 Å². The van der Waals surface area contributed by atoms with Gasteiger partial charge in [-0.1, -0.05) is 0 Å². The Kier molecular flexibility index (Phi) is 4.41. The second-order valence-electron chi connectivity index (χ2n) is 3.98. The maximum Gasteiger partial charge on any atom is 0.427 e. The molecule has 2 heterocycles. The third kappa shape index (κ3) is 3.18. The smallest absolute Gasteiger partial charge is 0.427 e. The van der Waals surface area contributed by atoms with Crippen LogP contribution in [0.25, 0.3) is 10.6 Å². The number of methoxy groups -OCH3 is 1. The monoisotopic (exact) mass is 290 g/mol. The standard InChI is InChI=1S/C13H14N4O2S/c1-8-11(9(2)16-17-13(18)19-3)20-12(15-8)10-5-4-6-14-7-10/h4-7H,1-3H3,(H,17,18)/b16-9-. The molecule has 0 radical (unpaired) electrons. The fourth-order valence-corrected chi connectivity index (χ4v) is 2.57. The predicted octanol–water partition coefficient (Wildman–Crippen LogP) is 2.59. The number of nitrogens with zero attached hydrogens (tertiary/aromatic N) is 3. The molecular formula is C13H14N4O2S. The second-order valence-corrected chi connectivity index (χ2v) is 4.97. The molecule has 7 heteroatoms. The van der Waals surface area contributed by atoms with Gasteiger partial charge in [0, 0.05) is 18.0 Å². The van der Waals surface area contributed by atoms with Crippen molar-refractivity contribution in [3.63, 3.8) is 0 Å². The highest BCUT2D eigenvalue weighted by Gasteiger charge is 2.12. The minimum atomic E-state index is -0.598. The van der Waals surface area contributed by atoms with E-state index in [4.69, 9.17) is 0 Å². The van der Waals surface area contributed by atoms with Gasteiger partial charge in [0.05, 0.1) is 23.4 Å². The lowest BCUT2D eigenvalue weighted by molar-refractivity contribution is 0.171. The maximum atomic E-state index is 11.0. The Balaban J connectivity index is 2.26. The van der Waals surface area contributed by atoms with E-state index in [1.807, 2.05) is 26.0 Å². The Morgan fingerprint density at radius 2 is 2.30 bits per heavy atom. The van der Waals surface area contributed by atoms with Gasteiger partial charge in [-0.3, -0.25) is 4.98 Å². The summed E-state index contributed by atoms with van der Waals surface area (Å²) in [4.78, 5) is 20.5. The van der Waals surface area contributed by atoms with Crippen LogP contribution in [-0.2, 0) is 4.74 Å². The van der Waals surface area contributed by atoms with Crippen LogP contribution in [0.3, 0.4) is 0 Å². The van der Waals surface area contributed by atoms with Crippen LogP contribution in [0.4, 0.5) is 4.79 Å². The number of aromatic nitrogens is 2. The number of hydrogen-bond acceptors (Lipinski definition) is 6. The lowest BCUT2D eigenvalue weighted by atomic mass is 10.3. The normalized spacial score (nSPS) is 11.2. The molecule has 104 valence electrons. The van der Waals surface area contributed by atoms with Crippen LogP contribution < -0.4 is 5.43 Å². The van der Waals surface area contributed by atoms with Crippen LogP contribution >= 0.6 is 11.3 Å². The highest BCUT2D eigenvalue weighted by atomic mass is 32.1. The summed E-state index contributed by atoms with van der Waals surface area (Å²) in [5, 5.41) is 4.85. The number of aryl methyl sites for hydroxylation is 1. The van der Waals surface area contributed by atoms with Gasteiger partial charge in [0.25, 0.3) is 0 Å². The Hall–Kier alpha value is -2.28. The summed E-state index contributed by atoms with van der Waals surface area (Å²) < 4.78 is 4.46. The number of amides is 1. The van der Waals surface area contributed by atoms with Gasteiger partial charge in [-0.2, -0.15) is 5.10 Å². The predicted molar refractivity (Wildman–Crippen MR) is 77.8 cm³/mol. The zero-order valence-electron chi connectivity index (χ0n) is 11.4. The average Bonchev–Trinajstić information content (AvgIpc) is 2.87. The molecule has 2 aromatic rings. The zero-order chi connectivity index (χ0) is 14.5. The minimum Gasteiger partial charge on any atom is -0.452 e. The Bertz CT molecular complexity index is 637. The number of rotatable bonds is 3. The van der Waals surface area contributed by atoms with Crippen LogP contribution in [0.5, 0.6) is 0 Å². The summed E-state index contributed by atoms with van der Waals surface area (Å²) in [5.74, 6) is 0. The van der Waals surface area contributed by atoms with Gasteiger partial charge in [-0.05, 0) is 26.0 Å². The van der Waals surface area contributed by atoms with Crippen molar-refractivity contribution >= 4 is 23.1 Å².